The van der Waals surface area contributed by atoms with E-state index in [1.54, 1.807) is 24.3 Å². The molecule has 0 radical (unpaired) electrons. The van der Waals surface area contributed by atoms with Gasteiger partial charge in [0.1, 0.15) is 18.0 Å². The van der Waals surface area contributed by atoms with E-state index in [1.165, 1.54) is 6.92 Å². The van der Waals surface area contributed by atoms with Gasteiger partial charge in [-0.05, 0) is 86.4 Å². The minimum atomic E-state index is -2.04. The summed E-state index contributed by atoms with van der Waals surface area (Å²) >= 11 is 0. The topological polar surface area (TPSA) is 213 Å². The van der Waals surface area contributed by atoms with E-state index in [9.17, 15) is 39.6 Å². The van der Waals surface area contributed by atoms with Gasteiger partial charge in [-0.2, -0.15) is 0 Å². The summed E-state index contributed by atoms with van der Waals surface area (Å²) in [6, 6.07) is 9.30. The number of aliphatic hydroxyl groups is 3. The van der Waals surface area contributed by atoms with Crippen molar-refractivity contribution >= 4 is 29.8 Å². The number of nitrogens with one attached hydrogen (secondary N) is 3. The van der Waals surface area contributed by atoms with Gasteiger partial charge in [0.2, 0.25) is 11.8 Å². The van der Waals surface area contributed by atoms with Gasteiger partial charge in [-0.1, -0.05) is 30.4 Å². The standard InChI is InChI=1S/C40H53N3O11/c1-23-17-29-18-24(2)35(23)53-16-5-4-13-30(43-38(49)28-12-8-15-52-22-28)27-11-6-9-26(19-27)10-7-14-40(39(50)51)20-31(45)33(42-25(3)44)36(54-40)34(47)32(46)21-41-37(29)48/h6-7,9-11,17-19,28,30-34,36,45-47H,4-5,8,12-16,20-22H2,1-3H3,(H,41,48)(H,42,44)(H,43,49)(H,50,51)/b10-7+/t28?,30-,31-,32+,33+,34+,36+,40+/m0/s1. The number of hydrogen-bond acceptors (Lipinski definition) is 10. The number of carboxylic acids is 1. The molecule has 14 nitrogen and oxygen atoms in total. The Morgan fingerprint density at radius 1 is 0.944 bits per heavy atom. The number of ether oxygens (including phenoxy) is 3. The van der Waals surface area contributed by atoms with Crippen LogP contribution in [0, 0.1) is 19.8 Å². The summed E-state index contributed by atoms with van der Waals surface area (Å²) in [5.74, 6) is -2.17. The zero-order chi connectivity index (χ0) is 39.0. The molecule has 0 spiro atoms. The SMILES string of the molecule is CC(=O)N[C@H]1[C@H]2O[C@](C(=O)O)(C/C=C/c3cccc(c3)[C@@H](NC(=O)C3CCCOC3)CCCCOc3c(C)cc(cc3C)C(=O)NC[C@@H](O)[C@H]2O)C[C@@H]1O. The number of carbonyl (C=O) groups is 4. The number of aliphatic hydroxyl groups excluding tert-OH is 3. The Bertz CT molecular complexity index is 1670. The first-order chi connectivity index (χ1) is 25.8. The molecular weight excluding hydrogens is 698 g/mol. The van der Waals surface area contributed by atoms with Crippen LogP contribution in [0.25, 0.3) is 6.08 Å². The molecule has 6 bridgehead atoms. The number of fused-ring (bicyclic) bond motifs is 12. The Kier molecular flexibility index (Phi) is 13.9. The Morgan fingerprint density at radius 2 is 1.70 bits per heavy atom. The Labute approximate surface area is 315 Å². The second-order valence-corrected chi connectivity index (χ2v) is 14.7. The number of carboxylic acid groups (broad SMARTS) is 1. The highest BCUT2D eigenvalue weighted by Crippen LogP contribution is 2.36. The van der Waals surface area contributed by atoms with Gasteiger partial charge in [-0.25, -0.2) is 4.79 Å². The molecule has 54 heavy (non-hydrogen) atoms. The van der Waals surface area contributed by atoms with Gasteiger partial charge >= 0.3 is 5.97 Å². The fourth-order valence-electron chi connectivity index (χ4n) is 7.51. The van der Waals surface area contributed by atoms with Crippen LogP contribution in [0.4, 0.5) is 0 Å². The van der Waals surface area contributed by atoms with Crippen LogP contribution in [0.15, 0.2) is 42.5 Å². The van der Waals surface area contributed by atoms with Crippen molar-refractivity contribution in [2.45, 2.75) is 108 Å². The number of aliphatic carboxylic acids is 1. The van der Waals surface area contributed by atoms with Crippen molar-refractivity contribution < 1.29 is 53.8 Å². The summed E-state index contributed by atoms with van der Waals surface area (Å²) in [4.78, 5) is 51.5. The zero-order valence-corrected chi connectivity index (χ0v) is 31.1. The van der Waals surface area contributed by atoms with E-state index in [0.29, 0.717) is 44.0 Å². The van der Waals surface area contributed by atoms with E-state index in [2.05, 4.69) is 16.0 Å². The fraction of sp³-hybridized carbons (Fsp3) is 0.550. The normalized spacial score (nSPS) is 30.5. The molecule has 4 heterocycles. The minimum Gasteiger partial charge on any atom is -0.493 e. The van der Waals surface area contributed by atoms with Crippen molar-refractivity contribution in [2.75, 3.05) is 26.4 Å². The molecule has 0 aliphatic carbocycles. The molecule has 0 aromatic heterocycles. The molecule has 2 aromatic carbocycles. The summed E-state index contributed by atoms with van der Waals surface area (Å²) in [5, 5.41) is 52.4. The van der Waals surface area contributed by atoms with E-state index in [0.717, 1.165) is 41.5 Å². The third-order valence-corrected chi connectivity index (χ3v) is 10.4. The smallest absolute Gasteiger partial charge is 0.336 e. The van der Waals surface area contributed by atoms with Crippen molar-refractivity contribution in [2.24, 2.45) is 5.92 Å². The van der Waals surface area contributed by atoms with Crippen molar-refractivity contribution in [3.8, 4) is 5.75 Å². The van der Waals surface area contributed by atoms with E-state index in [1.807, 2.05) is 38.1 Å². The molecule has 2 aromatic rings. The number of carbonyl (C=O) groups excluding carboxylic acids is 3. The molecule has 294 valence electrons. The van der Waals surface area contributed by atoms with Gasteiger partial charge in [0.15, 0.2) is 5.60 Å². The van der Waals surface area contributed by atoms with Gasteiger partial charge in [0.05, 0.1) is 43.4 Å². The highest BCUT2D eigenvalue weighted by Gasteiger charge is 2.54. The summed E-state index contributed by atoms with van der Waals surface area (Å²) in [5.41, 5.74) is 1.32. The van der Waals surface area contributed by atoms with E-state index in [4.69, 9.17) is 14.2 Å². The number of rotatable bonds is 4. The van der Waals surface area contributed by atoms with E-state index >= 15 is 0 Å². The fourth-order valence-corrected chi connectivity index (χ4v) is 7.51. The van der Waals surface area contributed by atoms with Gasteiger partial charge in [-0.3, -0.25) is 14.4 Å². The summed E-state index contributed by atoms with van der Waals surface area (Å²) in [6.45, 7) is 5.84. The number of amides is 3. The van der Waals surface area contributed by atoms with Gasteiger partial charge < -0.3 is 50.6 Å². The number of aryl methyl sites for hydroxylation is 2. The van der Waals surface area contributed by atoms with Crippen LogP contribution >= 0.6 is 0 Å². The molecule has 3 amide bonds. The van der Waals surface area contributed by atoms with Crippen LogP contribution < -0.4 is 20.7 Å². The summed E-state index contributed by atoms with van der Waals surface area (Å²) < 4.78 is 17.8. The molecule has 7 N–H and O–H groups in total. The van der Waals surface area contributed by atoms with Crippen LogP contribution in [-0.2, 0) is 23.9 Å². The van der Waals surface area contributed by atoms with Crippen molar-refractivity contribution in [1.82, 2.24) is 16.0 Å². The molecule has 2 saturated heterocycles. The van der Waals surface area contributed by atoms with Crippen molar-refractivity contribution in [3.05, 3.63) is 70.3 Å². The van der Waals surface area contributed by atoms with Gasteiger partial charge in [0.25, 0.3) is 5.91 Å². The molecule has 2 fully saturated rings. The third-order valence-electron chi connectivity index (χ3n) is 10.4. The maximum atomic E-state index is 13.4. The first kappa shape index (κ1) is 40.8. The second-order valence-electron chi connectivity index (χ2n) is 14.7. The lowest BCUT2D eigenvalue weighted by atomic mass is 9.81. The maximum absolute atomic E-state index is 13.4. The molecule has 8 atom stereocenters. The Hall–Kier alpha value is -4.34. The second kappa shape index (κ2) is 18.3. The highest BCUT2D eigenvalue weighted by atomic mass is 16.6. The zero-order valence-electron chi connectivity index (χ0n) is 31.1. The quantitative estimate of drug-likeness (QED) is 0.241. The largest absolute Gasteiger partial charge is 0.493 e. The first-order valence-electron chi connectivity index (χ1n) is 18.7. The van der Waals surface area contributed by atoms with Gasteiger partial charge in [0, 0.05) is 38.5 Å². The molecule has 6 rings (SSSR count). The molecule has 1 unspecified atom stereocenters. The lowest BCUT2D eigenvalue weighted by Gasteiger charge is -2.47. The summed E-state index contributed by atoms with van der Waals surface area (Å²) in [7, 11) is 0. The lowest BCUT2D eigenvalue weighted by Crippen LogP contribution is -2.67. The average Bonchev–Trinajstić information content (AvgIpc) is 3.14. The third kappa shape index (κ3) is 10.0. The van der Waals surface area contributed by atoms with Crippen molar-refractivity contribution in [3.63, 3.8) is 0 Å². The predicted octanol–water partition coefficient (Wildman–Crippen LogP) is 2.48. The van der Waals surface area contributed by atoms with Gasteiger partial charge in [-0.15, -0.1) is 0 Å². The minimum absolute atomic E-state index is 0.0729. The number of benzene rings is 2. The van der Waals surface area contributed by atoms with E-state index < -0.39 is 66.8 Å². The maximum Gasteiger partial charge on any atom is 0.336 e. The van der Waals surface area contributed by atoms with Crippen LogP contribution in [0.2, 0.25) is 0 Å². The van der Waals surface area contributed by atoms with Crippen molar-refractivity contribution in [1.29, 1.82) is 0 Å². The van der Waals surface area contributed by atoms with Crippen LogP contribution in [0.5, 0.6) is 5.75 Å². The van der Waals surface area contributed by atoms with Crippen LogP contribution in [-0.4, -0.2) is 107 Å². The number of hydrogen-bond donors (Lipinski definition) is 7. The highest BCUT2D eigenvalue weighted by molar-refractivity contribution is 5.95. The Balaban J connectivity index is 1.48. The first-order valence-corrected chi connectivity index (χ1v) is 18.7. The lowest BCUT2D eigenvalue weighted by molar-refractivity contribution is -0.226. The van der Waals surface area contributed by atoms with Crippen LogP contribution in [0.3, 0.4) is 0 Å². The molecule has 14 heteroatoms. The Morgan fingerprint density at radius 3 is 2.39 bits per heavy atom. The molecule has 4 aliphatic rings. The average molecular weight is 752 g/mol. The summed E-state index contributed by atoms with van der Waals surface area (Å²) in [6.07, 6.45) is -0.243. The molecule has 0 saturated carbocycles. The predicted molar refractivity (Wildman–Crippen MR) is 198 cm³/mol. The molecular formula is C40H53N3O11. The van der Waals surface area contributed by atoms with E-state index in [-0.39, 0.29) is 24.3 Å². The van der Waals surface area contributed by atoms with Crippen LogP contribution in [0.1, 0.15) is 90.5 Å². The monoisotopic (exact) mass is 751 g/mol. The molecule has 4 aliphatic heterocycles.